The standard InChI is InChI=1S/C18H28N2O/c1-3-6-15-9-11-16(12-10-15)19-13-18(21)20-17-8-5-4-7-14(17)2/h4-5,7-8,15-16,19H,3,6,9-13H2,1-2H3,(H,20,21). The Morgan fingerprint density at radius 2 is 1.90 bits per heavy atom. The van der Waals surface area contributed by atoms with Crippen LogP contribution in [0.5, 0.6) is 0 Å². The van der Waals surface area contributed by atoms with E-state index in [-0.39, 0.29) is 5.91 Å². The van der Waals surface area contributed by atoms with Crippen molar-refractivity contribution in [1.82, 2.24) is 5.32 Å². The zero-order valence-electron chi connectivity index (χ0n) is 13.3. The molecule has 0 radical (unpaired) electrons. The van der Waals surface area contributed by atoms with Gasteiger partial charge in [-0.25, -0.2) is 0 Å². The van der Waals surface area contributed by atoms with Crippen LogP contribution in [0.25, 0.3) is 0 Å². The fraction of sp³-hybridized carbons (Fsp3) is 0.611. The number of carbonyl (C=O) groups is 1. The van der Waals surface area contributed by atoms with Crippen molar-refractivity contribution in [2.75, 3.05) is 11.9 Å². The van der Waals surface area contributed by atoms with E-state index in [9.17, 15) is 4.79 Å². The summed E-state index contributed by atoms with van der Waals surface area (Å²) in [5, 5.41) is 6.39. The van der Waals surface area contributed by atoms with Crippen LogP contribution in [0.4, 0.5) is 5.69 Å². The highest BCUT2D eigenvalue weighted by atomic mass is 16.1. The van der Waals surface area contributed by atoms with Gasteiger partial charge >= 0.3 is 0 Å². The molecule has 1 fully saturated rings. The van der Waals surface area contributed by atoms with Crippen LogP contribution in [0.1, 0.15) is 51.0 Å². The predicted molar refractivity (Wildman–Crippen MR) is 88.5 cm³/mol. The van der Waals surface area contributed by atoms with Crippen LogP contribution in [0.15, 0.2) is 24.3 Å². The Bertz CT molecular complexity index is 450. The Morgan fingerprint density at radius 3 is 2.57 bits per heavy atom. The summed E-state index contributed by atoms with van der Waals surface area (Å²) >= 11 is 0. The van der Waals surface area contributed by atoms with E-state index in [4.69, 9.17) is 0 Å². The zero-order valence-corrected chi connectivity index (χ0v) is 13.3. The molecule has 0 bridgehead atoms. The molecule has 3 nitrogen and oxygen atoms in total. The predicted octanol–water partition coefficient (Wildman–Crippen LogP) is 3.88. The molecule has 2 rings (SSSR count). The summed E-state index contributed by atoms with van der Waals surface area (Å²) in [6.07, 6.45) is 7.70. The van der Waals surface area contributed by atoms with Crippen LogP contribution in [-0.4, -0.2) is 18.5 Å². The van der Waals surface area contributed by atoms with E-state index >= 15 is 0 Å². The lowest BCUT2D eigenvalue weighted by Gasteiger charge is -2.28. The first kappa shape index (κ1) is 16.0. The van der Waals surface area contributed by atoms with Gasteiger partial charge in [0, 0.05) is 11.7 Å². The number of benzene rings is 1. The second kappa shape index (κ2) is 8.18. The maximum Gasteiger partial charge on any atom is 0.238 e. The summed E-state index contributed by atoms with van der Waals surface area (Å²) in [6, 6.07) is 8.41. The van der Waals surface area contributed by atoms with Crippen molar-refractivity contribution in [3.05, 3.63) is 29.8 Å². The molecule has 0 aromatic heterocycles. The van der Waals surface area contributed by atoms with Crippen molar-refractivity contribution >= 4 is 11.6 Å². The van der Waals surface area contributed by atoms with Gasteiger partial charge in [-0.1, -0.05) is 38.0 Å². The van der Waals surface area contributed by atoms with Crippen molar-refractivity contribution in [2.45, 2.75) is 58.4 Å². The maximum atomic E-state index is 12.0. The van der Waals surface area contributed by atoms with E-state index in [1.165, 1.54) is 38.5 Å². The van der Waals surface area contributed by atoms with E-state index < -0.39 is 0 Å². The van der Waals surface area contributed by atoms with Crippen LogP contribution in [0.2, 0.25) is 0 Å². The van der Waals surface area contributed by atoms with Gasteiger partial charge in [0.05, 0.1) is 6.54 Å². The highest BCUT2D eigenvalue weighted by Gasteiger charge is 2.20. The summed E-state index contributed by atoms with van der Waals surface area (Å²) in [6.45, 7) is 4.69. The molecule has 1 aromatic carbocycles. The van der Waals surface area contributed by atoms with Crippen LogP contribution in [0.3, 0.4) is 0 Å². The maximum absolute atomic E-state index is 12.0. The second-order valence-corrected chi connectivity index (χ2v) is 6.25. The lowest BCUT2D eigenvalue weighted by Crippen LogP contribution is -2.38. The van der Waals surface area contributed by atoms with Gasteiger partial charge < -0.3 is 10.6 Å². The number of rotatable bonds is 6. The molecule has 1 amide bonds. The van der Waals surface area contributed by atoms with Crippen molar-refractivity contribution in [2.24, 2.45) is 5.92 Å². The monoisotopic (exact) mass is 288 g/mol. The van der Waals surface area contributed by atoms with Gasteiger partial charge in [0.15, 0.2) is 0 Å². The first-order chi connectivity index (χ1) is 10.2. The Hall–Kier alpha value is -1.35. The minimum atomic E-state index is 0.0555. The number of nitrogens with one attached hydrogen (secondary N) is 2. The highest BCUT2D eigenvalue weighted by Crippen LogP contribution is 2.27. The van der Waals surface area contributed by atoms with E-state index in [1.807, 2.05) is 31.2 Å². The third kappa shape index (κ3) is 5.16. The fourth-order valence-corrected chi connectivity index (χ4v) is 3.21. The SMILES string of the molecule is CCCC1CCC(NCC(=O)Nc2ccccc2C)CC1. The molecule has 3 heteroatoms. The van der Waals surface area contributed by atoms with Crippen molar-refractivity contribution in [1.29, 1.82) is 0 Å². The molecule has 1 saturated carbocycles. The van der Waals surface area contributed by atoms with Gasteiger partial charge in [-0.3, -0.25) is 4.79 Å². The van der Waals surface area contributed by atoms with Gasteiger partial charge in [-0.05, 0) is 50.2 Å². The minimum absolute atomic E-state index is 0.0555. The average Bonchev–Trinajstić information content (AvgIpc) is 2.49. The first-order valence-corrected chi connectivity index (χ1v) is 8.28. The second-order valence-electron chi connectivity index (χ2n) is 6.25. The minimum Gasteiger partial charge on any atom is -0.325 e. The van der Waals surface area contributed by atoms with Gasteiger partial charge in [-0.2, -0.15) is 0 Å². The molecule has 21 heavy (non-hydrogen) atoms. The van der Waals surface area contributed by atoms with E-state index in [2.05, 4.69) is 17.6 Å². The number of aryl methyl sites for hydroxylation is 1. The van der Waals surface area contributed by atoms with Gasteiger partial charge in [-0.15, -0.1) is 0 Å². The molecule has 1 aromatic rings. The summed E-state index contributed by atoms with van der Waals surface area (Å²) in [5.41, 5.74) is 2.02. The largest absolute Gasteiger partial charge is 0.325 e. The molecule has 0 atom stereocenters. The normalized spacial score (nSPS) is 22.0. The van der Waals surface area contributed by atoms with Crippen LogP contribution in [-0.2, 0) is 4.79 Å². The molecule has 2 N–H and O–H groups in total. The molecule has 1 aliphatic carbocycles. The number of carbonyl (C=O) groups excluding carboxylic acids is 1. The Balaban J connectivity index is 1.69. The van der Waals surface area contributed by atoms with Crippen LogP contribution in [0, 0.1) is 12.8 Å². The molecule has 0 spiro atoms. The Morgan fingerprint density at radius 1 is 1.19 bits per heavy atom. The zero-order chi connectivity index (χ0) is 15.1. The Labute approximate surface area is 128 Å². The first-order valence-electron chi connectivity index (χ1n) is 8.28. The third-order valence-corrected chi connectivity index (χ3v) is 4.51. The lowest BCUT2D eigenvalue weighted by molar-refractivity contribution is -0.115. The summed E-state index contributed by atoms with van der Waals surface area (Å²) < 4.78 is 0. The quantitative estimate of drug-likeness (QED) is 0.834. The van der Waals surface area contributed by atoms with Gasteiger partial charge in [0.25, 0.3) is 0 Å². The third-order valence-electron chi connectivity index (χ3n) is 4.51. The number of hydrogen-bond acceptors (Lipinski definition) is 2. The van der Waals surface area contributed by atoms with Gasteiger partial charge in [0.2, 0.25) is 5.91 Å². The van der Waals surface area contributed by atoms with Gasteiger partial charge in [0.1, 0.15) is 0 Å². The summed E-state index contributed by atoms with van der Waals surface area (Å²) in [5.74, 6) is 0.967. The highest BCUT2D eigenvalue weighted by molar-refractivity contribution is 5.92. The van der Waals surface area contributed by atoms with Crippen molar-refractivity contribution < 1.29 is 4.79 Å². The number of amides is 1. The summed E-state index contributed by atoms with van der Waals surface area (Å²) in [7, 11) is 0. The van der Waals surface area contributed by atoms with Crippen LogP contribution >= 0.6 is 0 Å². The molecule has 1 aliphatic rings. The number of anilines is 1. The number of hydrogen-bond donors (Lipinski definition) is 2. The van der Waals surface area contributed by atoms with E-state index in [1.54, 1.807) is 0 Å². The molecular weight excluding hydrogens is 260 g/mol. The van der Waals surface area contributed by atoms with Crippen molar-refractivity contribution in [3.63, 3.8) is 0 Å². The molecule has 0 aliphatic heterocycles. The fourth-order valence-electron chi connectivity index (χ4n) is 3.21. The average molecular weight is 288 g/mol. The molecule has 116 valence electrons. The topological polar surface area (TPSA) is 41.1 Å². The molecule has 0 heterocycles. The smallest absolute Gasteiger partial charge is 0.238 e. The van der Waals surface area contributed by atoms with Crippen molar-refractivity contribution in [3.8, 4) is 0 Å². The molecular formula is C18H28N2O. The van der Waals surface area contributed by atoms with E-state index in [0.29, 0.717) is 12.6 Å². The van der Waals surface area contributed by atoms with E-state index in [0.717, 1.165) is 17.2 Å². The summed E-state index contributed by atoms with van der Waals surface area (Å²) in [4.78, 5) is 12.0. The molecule has 0 unspecified atom stereocenters. The number of para-hydroxylation sites is 1. The van der Waals surface area contributed by atoms with Crippen LogP contribution < -0.4 is 10.6 Å². The Kier molecular flexibility index (Phi) is 6.24. The molecule has 0 saturated heterocycles. The lowest BCUT2D eigenvalue weighted by atomic mass is 9.83.